The maximum absolute atomic E-state index is 13.0. The van der Waals surface area contributed by atoms with E-state index in [9.17, 15) is 14.4 Å². The van der Waals surface area contributed by atoms with Gasteiger partial charge in [0.1, 0.15) is 18.0 Å². The fourth-order valence-corrected chi connectivity index (χ4v) is 6.25. The topological polar surface area (TPSA) is 75.7 Å². The van der Waals surface area contributed by atoms with Crippen LogP contribution >= 0.6 is 0 Å². The predicted octanol–water partition coefficient (Wildman–Crippen LogP) is 4.09. The van der Waals surface area contributed by atoms with Crippen LogP contribution in [-0.2, 0) is 14.4 Å². The van der Waals surface area contributed by atoms with Gasteiger partial charge in [-0.05, 0) is 91.5 Å². The Morgan fingerprint density at radius 2 is 1.48 bits per heavy atom. The number of anilines is 1. The van der Waals surface area contributed by atoms with Crippen LogP contribution < -0.4 is 10.1 Å². The normalized spacial score (nSPS) is 30.8. The minimum Gasteiger partial charge on any atom is -0.457 e. The highest BCUT2D eigenvalue weighted by Crippen LogP contribution is 2.65. The van der Waals surface area contributed by atoms with Crippen molar-refractivity contribution in [2.45, 2.75) is 20.3 Å². The molecule has 6 nitrogen and oxygen atoms in total. The largest absolute Gasteiger partial charge is 0.457 e. The Kier molecular flexibility index (Phi) is 4.47. The third-order valence-corrected chi connectivity index (χ3v) is 7.62. The summed E-state index contributed by atoms with van der Waals surface area (Å²) >= 11 is 0. The second kappa shape index (κ2) is 7.30. The summed E-state index contributed by atoms with van der Waals surface area (Å²) in [6.45, 7) is 3.81. The summed E-state index contributed by atoms with van der Waals surface area (Å²) in [4.78, 5) is 39.9. The van der Waals surface area contributed by atoms with Gasteiger partial charge in [-0.2, -0.15) is 0 Å². The highest BCUT2D eigenvalue weighted by atomic mass is 16.5. The Morgan fingerprint density at radius 3 is 2.06 bits per heavy atom. The van der Waals surface area contributed by atoms with Gasteiger partial charge >= 0.3 is 0 Å². The molecule has 33 heavy (non-hydrogen) atoms. The molecule has 0 unspecified atom stereocenters. The Morgan fingerprint density at radius 1 is 0.909 bits per heavy atom. The van der Waals surface area contributed by atoms with Gasteiger partial charge in [0.25, 0.3) is 0 Å². The molecule has 1 heterocycles. The molecule has 1 N–H and O–H groups in total. The standard InChI is InChI=1S/C27H26N2O4/c1-14-9-15(2)11-18(10-14)33-17-5-3-16(4-6-17)28-23(30)13-29-26(31)24-19-7-8-20(22-12-21(19)22)25(24)27(29)32/h3-11,19-22,24-25H,12-13H2,1-2H3,(H,28,30)/t19-,20-,21-,22-,24+,25+/m1/s1. The van der Waals surface area contributed by atoms with Crippen LogP contribution in [0.1, 0.15) is 17.5 Å². The molecule has 2 saturated carbocycles. The number of allylic oxidation sites excluding steroid dienone is 2. The third-order valence-electron chi connectivity index (χ3n) is 7.62. The highest BCUT2D eigenvalue weighted by molar-refractivity contribution is 6.09. The van der Waals surface area contributed by atoms with Crippen molar-refractivity contribution in [2.75, 3.05) is 11.9 Å². The molecule has 2 bridgehead atoms. The van der Waals surface area contributed by atoms with E-state index in [1.54, 1.807) is 24.3 Å². The lowest BCUT2D eigenvalue weighted by atomic mass is 9.63. The van der Waals surface area contributed by atoms with Crippen molar-refractivity contribution in [1.29, 1.82) is 0 Å². The first-order valence-electron chi connectivity index (χ1n) is 11.6. The minimum atomic E-state index is -0.371. The molecule has 4 aliphatic carbocycles. The number of hydrogen-bond acceptors (Lipinski definition) is 4. The Labute approximate surface area is 192 Å². The van der Waals surface area contributed by atoms with Crippen molar-refractivity contribution in [3.05, 3.63) is 65.7 Å². The lowest BCUT2D eigenvalue weighted by molar-refractivity contribution is -0.142. The Hall–Kier alpha value is -3.41. The Bertz CT molecular complexity index is 1140. The second-order valence-corrected chi connectivity index (χ2v) is 9.92. The molecule has 3 fully saturated rings. The van der Waals surface area contributed by atoms with E-state index in [0.29, 0.717) is 23.3 Å². The Balaban J connectivity index is 1.09. The molecular weight excluding hydrogens is 416 g/mol. The predicted molar refractivity (Wildman–Crippen MR) is 122 cm³/mol. The molecule has 6 atom stereocenters. The number of nitrogens with one attached hydrogen (secondary N) is 1. The number of likely N-dealkylation sites (tertiary alicyclic amines) is 1. The van der Waals surface area contributed by atoms with Gasteiger partial charge in [-0.15, -0.1) is 0 Å². The maximum Gasteiger partial charge on any atom is 0.244 e. The van der Waals surface area contributed by atoms with E-state index >= 15 is 0 Å². The lowest BCUT2D eigenvalue weighted by Gasteiger charge is -2.37. The minimum absolute atomic E-state index is 0.166. The van der Waals surface area contributed by atoms with Crippen molar-refractivity contribution in [1.82, 2.24) is 4.90 Å². The molecular formula is C27H26N2O4. The molecule has 0 radical (unpaired) electrons. The smallest absolute Gasteiger partial charge is 0.244 e. The highest BCUT2D eigenvalue weighted by Gasteiger charge is 2.67. The first-order valence-corrected chi connectivity index (χ1v) is 11.6. The van der Waals surface area contributed by atoms with Gasteiger partial charge in [0, 0.05) is 5.69 Å². The zero-order valence-electron chi connectivity index (χ0n) is 18.7. The van der Waals surface area contributed by atoms with Crippen LogP contribution in [0, 0.1) is 49.4 Å². The molecule has 0 spiro atoms. The molecule has 2 aromatic rings. The van der Waals surface area contributed by atoms with E-state index in [0.717, 1.165) is 23.3 Å². The summed E-state index contributed by atoms with van der Waals surface area (Å²) in [6, 6.07) is 13.1. The molecule has 1 saturated heterocycles. The molecule has 1 aliphatic heterocycles. The molecule has 7 rings (SSSR count). The zero-order valence-corrected chi connectivity index (χ0v) is 18.7. The van der Waals surface area contributed by atoms with E-state index < -0.39 is 0 Å². The number of amides is 3. The number of benzene rings is 2. The van der Waals surface area contributed by atoms with Crippen LogP contribution in [0.15, 0.2) is 54.6 Å². The first kappa shape index (κ1) is 20.2. The summed E-state index contributed by atoms with van der Waals surface area (Å²) in [7, 11) is 0. The number of ether oxygens (including phenoxy) is 1. The number of hydrogen-bond donors (Lipinski definition) is 1. The van der Waals surface area contributed by atoms with Crippen LogP contribution in [0.25, 0.3) is 0 Å². The quantitative estimate of drug-likeness (QED) is 0.559. The molecule has 168 valence electrons. The van der Waals surface area contributed by atoms with Gasteiger partial charge in [-0.3, -0.25) is 19.3 Å². The molecule has 5 aliphatic rings. The summed E-state index contributed by atoms with van der Waals surface area (Å²) in [6.07, 6.45) is 5.40. The van der Waals surface area contributed by atoms with Gasteiger partial charge in [-0.1, -0.05) is 18.2 Å². The van der Waals surface area contributed by atoms with Crippen molar-refractivity contribution in [2.24, 2.45) is 35.5 Å². The van der Waals surface area contributed by atoms with Gasteiger partial charge in [-0.25, -0.2) is 0 Å². The summed E-state index contributed by atoms with van der Waals surface area (Å²) in [5, 5.41) is 2.80. The fraction of sp³-hybridized carbons (Fsp3) is 0.370. The number of imide groups is 1. The van der Waals surface area contributed by atoms with Crippen molar-refractivity contribution < 1.29 is 19.1 Å². The average molecular weight is 443 g/mol. The van der Waals surface area contributed by atoms with Crippen molar-refractivity contribution in [3.8, 4) is 11.5 Å². The van der Waals surface area contributed by atoms with E-state index in [-0.39, 0.29) is 47.9 Å². The van der Waals surface area contributed by atoms with Crippen LogP contribution in [-0.4, -0.2) is 29.2 Å². The number of rotatable bonds is 5. The van der Waals surface area contributed by atoms with E-state index in [4.69, 9.17) is 4.74 Å². The van der Waals surface area contributed by atoms with Crippen LogP contribution in [0.5, 0.6) is 11.5 Å². The van der Waals surface area contributed by atoms with Crippen LogP contribution in [0.2, 0.25) is 0 Å². The third kappa shape index (κ3) is 3.36. The zero-order chi connectivity index (χ0) is 22.9. The van der Waals surface area contributed by atoms with Gasteiger partial charge < -0.3 is 10.1 Å². The summed E-state index contributed by atoms with van der Waals surface area (Å²) < 4.78 is 5.91. The summed E-state index contributed by atoms with van der Waals surface area (Å²) in [5.41, 5.74) is 2.84. The van der Waals surface area contributed by atoms with Crippen molar-refractivity contribution in [3.63, 3.8) is 0 Å². The SMILES string of the molecule is Cc1cc(C)cc(Oc2ccc(NC(=O)CN3C(=O)[C@H]4[C@@H]5C=C[C@H]([C@H]6C[C@H]56)[C@@H]4C3=O)cc2)c1. The molecule has 6 heteroatoms. The second-order valence-electron chi connectivity index (χ2n) is 9.92. The molecule has 3 amide bonds. The first-order chi connectivity index (χ1) is 15.9. The van der Waals surface area contributed by atoms with Gasteiger partial charge in [0.05, 0.1) is 11.8 Å². The fourth-order valence-electron chi connectivity index (χ4n) is 6.25. The van der Waals surface area contributed by atoms with Gasteiger partial charge in [0.15, 0.2) is 0 Å². The van der Waals surface area contributed by atoms with Gasteiger partial charge in [0.2, 0.25) is 17.7 Å². The maximum atomic E-state index is 13.0. The summed E-state index contributed by atoms with van der Waals surface area (Å²) in [5.74, 6) is 1.58. The van der Waals surface area contributed by atoms with E-state index in [1.807, 2.05) is 26.0 Å². The number of aryl methyl sites for hydroxylation is 2. The number of nitrogens with zero attached hydrogens (tertiary/aromatic N) is 1. The van der Waals surface area contributed by atoms with E-state index in [1.165, 1.54) is 4.90 Å². The monoisotopic (exact) mass is 442 g/mol. The van der Waals surface area contributed by atoms with Crippen LogP contribution in [0.3, 0.4) is 0 Å². The van der Waals surface area contributed by atoms with Crippen LogP contribution in [0.4, 0.5) is 5.69 Å². The number of carbonyl (C=O) groups is 3. The average Bonchev–Trinajstić information content (AvgIpc) is 3.55. The van der Waals surface area contributed by atoms with E-state index in [2.05, 4.69) is 23.5 Å². The number of carbonyl (C=O) groups excluding carboxylic acids is 3. The van der Waals surface area contributed by atoms with Crippen molar-refractivity contribution >= 4 is 23.4 Å². The molecule has 0 aromatic heterocycles. The molecule has 2 aromatic carbocycles. The lowest BCUT2D eigenvalue weighted by Crippen LogP contribution is -2.40.